The van der Waals surface area contributed by atoms with Crippen molar-refractivity contribution in [3.8, 4) is 0 Å². The maximum atomic E-state index is 13.2. The minimum atomic E-state index is -0.385. The quantitative estimate of drug-likeness (QED) is 0.403. The Morgan fingerprint density at radius 2 is 2.14 bits per heavy atom. The molecule has 0 spiro atoms. The van der Waals surface area contributed by atoms with Crippen molar-refractivity contribution in [2.24, 2.45) is 0 Å². The summed E-state index contributed by atoms with van der Waals surface area (Å²) in [5.41, 5.74) is 3.65. The molecule has 2 unspecified atom stereocenters. The molecule has 2 aromatic heterocycles. The Balaban J connectivity index is 1.71. The van der Waals surface area contributed by atoms with Gasteiger partial charge in [0.15, 0.2) is 5.82 Å². The third kappa shape index (κ3) is 5.99. The number of hydrogen-bond acceptors (Lipinski definition) is 8. The molecule has 1 aliphatic rings. The molecule has 2 atom stereocenters. The summed E-state index contributed by atoms with van der Waals surface area (Å²) in [4.78, 5) is 30.7. The molecule has 1 fully saturated rings. The first-order chi connectivity index (χ1) is 17.4. The zero-order valence-corrected chi connectivity index (χ0v) is 21.6. The van der Waals surface area contributed by atoms with E-state index in [4.69, 9.17) is 9.47 Å². The molecule has 36 heavy (non-hydrogen) atoms. The molecular formula is C26H36N6O4. The Hall–Kier alpha value is -3.11. The smallest absolute Gasteiger partial charge is 0.327 e. The van der Waals surface area contributed by atoms with Crippen LogP contribution in [-0.4, -0.2) is 61.9 Å². The minimum absolute atomic E-state index is 0.0563. The van der Waals surface area contributed by atoms with Gasteiger partial charge in [-0.2, -0.15) is 0 Å². The number of aromatic nitrogens is 5. The highest BCUT2D eigenvalue weighted by Gasteiger charge is 2.30. The lowest BCUT2D eigenvalue weighted by atomic mass is 10.0. The van der Waals surface area contributed by atoms with Crippen LogP contribution in [0, 0.1) is 13.8 Å². The fraction of sp³-hybridized carbons (Fsp3) is 0.577. The van der Waals surface area contributed by atoms with Crippen molar-refractivity contribution in [3.63, 3.8) is 0 Å². The molecule has 3 aromatic rings. The fourth-order valence-electron chi connectivity index (χ4n) is 5.04. The van der Waals surface area contributed by atoms with Gasteiger partial charge in [-0.05, 0) is 73.7 Å². The van der Waals surface area contributed by atoms with Crippen LogP contribution in [0.3, 0.4) is 0 Å². The van der Waals surface area contributed by atoms with Gasteiger partial charge >= 0.3 is 5.97 Å². The highest BCUT2D eigenvalue weighted by atomic mass is 16.5. The molecule has 0 bridgehead atoms. The molecule has 10 nitrogen and oxygen atoms in total. The molecule has 1 aliphatic heterocycles. The maximum Gasteiger partial charge on any atom is 0.327 e. The molecule has 194 valence electrons. The largest absolute Gasteiger partial charge is 0.465 e. The minimum Gasteiger partial charge on any atom is -0.465 e. The number of hydrogen-bond donors (Lipinski definition) is 1. The van der Waals surface area contributed by atoms with E-state index < -0.39 is 0 Å². The Morgan fingerprint density at radius 1 is 1.31 bits per heavy atom. The van der Waals surface area contributed by atoms with Crippen LogP contribution in [0.1, 0.15) is 68.1 Å². The molecule has 0 radical (unpaired) electrons. The number of H-pyrrole nitrogens is 1. The van der Waals surface area contributed by atoms with Gasteiger partial charge in [0.25, 0.3) is 5.56 Å². The van der Waals surface area contributed by atoms with Gasteiger partial charge in [0.05, 0.1) is 18.8 Å². The van der Waals surface area contributed by atoms with Crippen molar-refractivity contribution < 1.29 is 14.3 Å². The second-order valence-electron chi connectivity index (χ2n) is 9.54. The summed E-state index contributed by atoms with van der Waals surface area (Å²) >= 11 is 0. The number of aryl methyl sites for hydroxylation is 2. The van der Waals surface area contributed by atoms with E-state index >= 15 is 0 Å². The first-order valence-corrected chi connectivity index (χ1v) is 12.8. The number of esters is 1. The summed E-state index contributed by atoms with van der Waals surface area (Å²) in [6.07, 6.45) is 3.70. The average molecular weight is 497 g/mol. The van der Waals surface area contributed by atoms with Crippen LogP contribution in [0.5, 0.6) is 0 Å². The highest BCUT2D eigenvalue weighted by molar-refractivity contribution is 5.83. The number of nitrogens with zero attached hydrogens (tertiary/aromatic N) is 5. The third-order valence-corrected chi connectivity index (χ3v) is 6.67. The van der Waals surface area contributed by atoms with Gasteiger partial charge in [0, 0.05) is 36.2 Å². The molecule has 0 amide bonds. The van der Waals surface area contributed by atoms with Crippen LogP contribution < -0.4 is 5.56 Å². The predicted octanol–water partition coefficient (Wildman–Crippen LogP) is 3.22. The Labute approximate surface area is 211 Å². The molecule has 10 heteroatoms. The number of pyridine rings is 1. The lowest BCUT2D eigenvalue weighted by Crippen LogP contribution is -2.38. The second-order valence-corrected chi connectivity index (χ2v) is 9.54. The van der Waals surface area contributed by atoms with Crippen molar-refractivity contribution in [2.45, 2.75) is 78.6 Å². The normalized spacial score (nSPS) is 16.6. The first kappa shape index (κ1) is 26.0. The van der Waals surface area contributed by atoms with Crippen LogP contribution >= 0.6 is 0 Å². The topological polar surface area (TPSA) is 115 Å². The van der Waals surface area contributed by atoms with Crippen LogP contribution in [0.4, 0.5) is 0 Å². The van der Waals surface area contributed by atoms with Crippen LogP contribution in [0.2, 0.25) is 0 Å². The number of benzene rings is 1. The average Bonchev–Trinajstić information content (AvgIpc) is 3.50. The zero-order chi connectivity index (χ0) is 25.7. The molecule has 1 N–H and O–H groups in total. The second kappa shape index (κ2) is 11.7. The van der Waals surface area contributed by atoms with Gasteiger partial charge < -0.3 is 14.5 Å². The van der Waals surface area contributed by atoms with E-state index in [1.807, 2.05) is 19.1 Å². The molecular weight excluding hydrogens is 460 g/mol. The first-order valence-electron chi connectivity index (χ1n) is 12.8. The Kier molecular flexibility index (Phi) is 8.48. The monoisotopic (exact) mass is 496 g/mol. The fourth-order valence-corrected chi connectivity index (χ4v) is 5.04. The zero-order valence-electron chi connectivity index (χ0n) is 21.6. The Bertz CT molecular complexity index is 1250. The van der Waals surface area contributed by atoms with E-state index in [9.17, 15) is 9.59 Å². The number of aromatic amines is 1. The van der Waals surface area contributed by atoms with Crippen LogP contribution in [-0.2, 0) is 27.4 Å². The van der Waals surface area contributed by atoms with E-state index in [1.54, 1.807) is 6.92 Å². The number of rotatable bonds is 11. The molecule has 1 aromatic carbocycles. The Morgan fingerprint density at radius 3 is 2.86 bits per heavy atom. The van der Waals surface area contributed by atoms with E-state index in [0.717, 1.165) is 54.3 Å². The number of fused-ring (bicyclic) bond motifs is 1. The SMILES string of the molecule is CCCC(c1nnnn1CC(=O)OCC)N(Cc1cc2c(C)cc(C)cc2[nH]c1=O)CC1CCCO1. The van der Waals surface area contributed by atoms with Gasteiger partial charge in [-0.1, -0.05) is 19.4 Å². The van der Waals surface area contributed by atoms with E-state index in [0.29, 0.717) is 31.1 Å². The van der Waals surface area contributed by atoms with Crippen molar-refractivity contribution >= 4 is 16.9 Å². The third-order valence-electron chi connectivity index (χ3n) is 6.67. The van der Waals surface area contributed by atoms with Crippen molar-refractivity contribution in [1.29, 1.82) is 0 Å². The van der Waals surface area contributed by atoms with E-state index in [2.05, 4.69) is 45.3 Å². The van der Waals surface area contributed by atoms with Gasteiger partial charge in [0.2, 0.25) is 0 Å². The highest BCUT2D eigenvalue weighted by Crippen LogP contribution is 2.28. The molecule has 3 heterocycles. The van der Waals surface area contributed by atoms with Crippen molar-refractivity contribution in [3.05, 3.63) is 51.1 Å². The van der Waals surface area contributed by atoms with Gasteiger partial charge in [-0.3, -0.25) is 14.5 Å². The van der Waals surface area contributed by atoms with Gasteiger partial charge in [0.1, 0.15) is 6.54 Å². The lowest BCUT2D eigenvalue weighted by molar-refractivity contribution is -0.144. The lowest BCUT2D eigenvalue weighted by Gasteiger charge is -2.32. The van der Waals surface area contributed by atoms with Crippen molar-refractivity contribution in [2.75, 3.05) is 19.8 Å². The predicted molar refractivity (Wildman–Crippen MR) is 136 cm³/mol. The number of carbonyl (C=O) groups is 1. The summed E-state index contributed by atoms with van der Waals surface area (Å²) < 4.78 is 12.6. The number of tetrazole rings is 1. The van der Waals surface area contributed by atoms with Crippen LogP contribution in [0.15, 0.2) is 23.0 Å². The summed E-state index contributed by atoms with van der Waals surface area (Å²) in [6, 6.07) is 5.92. The van der Waals surface area contributed by atoms with Gasteiger partial charge in [-0.15, -0.1) is 5.10 Å². The van der Waals surface area contributed by atoms with Crippen LogP contribution in [0.25, 0.3) is 10.9 Å². The molecule has 1 saturated heterocycles. The summed E-state index contributed by atoms with van der Waals surface area (Å²) in [6.45, 7) is 9.99. The summed E-state index contributed by atoms with van der Waals surface area (Å²) in [5.74, 6) is 0.204. The molecule has 0 saturated carbocycles. The molecule has 4 rings (SSSR count). The number of carbonyl (C=O) groups excluding carboxylic acids is 1. The summed E-state index contributed by atoms with van der Waals surface area (Å²) in [5, 5.41) is 13.3. The van der Waals surface area contributed by atoms with E-state index in [-0.39, 0.29) is 30.2 Å². The van der Waals surface area contributed by atoms with Crippen molar-refractivity contribution in [1.82, 2.24) is 30.1 Å². The standard InChI is InChI=1S/C26H36N6O4/c1-5-8-23(25-28-29-30-32(25)16-24(33)35-6-2)31(15-20-9-7-10-36-20)14-19-13-21-18(4)11-17(3)12-22(21)27-26(19)34/h11-13,20,23H,5-10,14-16H2,1-4H3,(H,27,34). The van der Waals surface area contributed by atoms with E-state index in [1.165, 1.54) is 4.68 Å². The maximum absolute atomic E-state index is 13.2. The number of nitrogens with one attached hydrogen (secondary N) is 1. The molecule has 0 aliphatic carbocycles. The van der Waals surface area contributed by atoms with Gasteiger partial charge in [-0.25, -0.2) is 4.68 Å². The summed E-state index contributed by atoms with van der Waals surface area (Å²) in [7, 11) is 0. The number of ether oxygens (including phenoxy) is 2.